The molecule has 2 heterocycles. The summed E-state index contributed by atoms with van der Waals surface area (Å²) >= 11 is 1.91. The van der Waals surface area contributed by atoms with Crippen LogP contribution in [0.5, 0.6) is 0 Å². The number of urea groups is 1. The minimum atomic E-state index is -0.265. The number of unbranched alkanes of at least 4 members (excludes halogenated alkanes) is 3. The Morgan fingerprint density at radius 2 is 1.92 bits per heavy atom. The second-order valence-electron chi connectivity index (χ2n) is 6.49. The molecule has 8 heteroatoms. The van der Waals surface area contributed by atoms with Crippen molar-refractivity contribution in [3.63, 3.8) is 0 Å². The van der Waals surface area contributed by atoms with Gasteiger partial charge < -0.3 is 21.7 Å². The van der Waals surface area contributed by atoms with Gasteiger partial charge in [0.15, 0.2) is 0 Å². The summed E-state index contributed by atoms with van der Waals surface area (Å²) in [5.41, 5.74) is 5.07. The molecule has 24 heavy (non-hydrogen) atoms. The second kappa shape index (κ2) is 9.76. The van der Waals surface area contributed by atoms with E-state index in [4.69, 9.17) is 5.73 Å². The minimum Gasteiger partial charge on any atom is -0.370 e. The topological polar surface area (TPSA) is 113 Å². The molecular weight excluding hydrogens is 328 g/mol. The fourth-order valence-corrected chi connectivity index (χ4v) is 4.73. The fourth-order valence-electron chi connectivity index (χ4n) is 3.19. The molecule has 2 fully saturated rings. The Kier molecular flexibility index (Phi) is 7.68. The SMILES string of the molecule is NC(=O)CCCCCNC(=O)CCCCC1SC[C@@H]2NC(=O)N[C@H]12. The minimum absolute atomic E-state index is 0.0505. The van der Waals surface area contributed by atoms with Crippen LogP contribution < -0.4 is 21.7 Å². The molecule has 2 saturated heterocycles. The molecule has 0 aromatic heterocycles. The first-order chi connectivity index (χ1) is 11.6. The Bertz CT molecular complexity index is 461. The Morgan fingerprint density at radius 3 is 2.71 bits per heavy atom. The molecule has 0 spiro atoms. The summed E-state index contributed by atoms with van der Waals surface area (Å²) in [5.74, 6) is 0.807. The van der Waals surface area contributed by atoms with E-state index in [0.717, 1.165) is 44.3 Å². The zero-order valence-electron chi connectivity index (χ0n) is 14.0. The summed E-state index contributed by atoms with van der Waals surface area (Å²) in [7, 11) is 0. The van der Waals surface area contributed by atoms with Crippen molar-refractivity contribution in [3.8, 4) is 0 Å². The first-order valence-corrected chi connectivity index (χ1v) is 9.85. The molecule has 2 aliphatic rings. The average Bonchev–Trinajstić information content (AvgIpc) is 3.06. The van der Waals surface area contributed by atoms with Gasteiger partial charge in [0.05, 0.1) is 12.1 Å². The number of rotatable bonds is 11. The highest BCUT2D eigenvalue weighted by Gasteiger charge is 2.42. The number of nitrogens with two attached hydrogens (primary N) is 1. The predicted molar refractivity (Wildman–Crippen MR) is 94.6 cm³/mol. The van der Waals surface area contributed by atoms with Crippen LogP contribution in [-0.2, 0) is 9.59 Å². The number of amides is 4. The molecule has 0 aromatic rings. The van der Waals surface area contributed by atoms with E-state index >= 15 is 0 Å². The lowest BCUT2D eigenvalue weighted by Crippen LogP contribution is -2.36. The van der Waals surface area contributed by atoms with E-state index < -0.39 is 0 Å². The molecule has 7 nitrogen and oxygen atoms in total. The Hall–Kier alpha value is -1.44. The van der Waals surface area contributed by atoms with E-state index in [1.807, 2.05) is 11.8 Å². The van der Waals surface area contributed by atoms with Gasteiger partial charge in [0, 0.05) is 30.4 Å². The number of carbonyl (C=O) groups excluding carboxylic acids is 3. The average molecular weight is 356 g/mol. The summed E-state index contributed by atoms with van der Waals surface area (Å²) in [5, 5.41) is 9.30. The van der Waals surface area contributed by atoms with Gasteiger partial charge in [0.2, 0.25) is 11.8 Å². The maximum atomic E-state index is 11.7. The van der Waals surface area contributed by atoms with Crippen molar-refractivity contribution in [1.82, 2.24) is 16.0 Å². The monoisotopic (exact) mass is 356 g/mol. The summed E-state index contributed by atoms with van der Waals surface area (Å²) < 4.78 is 0. The van der Waals surface area contributed by atoms with E-state index in [9.17, 15) is 14.4 Å². The van der Waals surface area contributed by atoms with E-state index in [1.165, 1.54) is 0 Å². The smallest absolute Gasteiger partial charge is 0.315 e. The van der Waals surface area contributed by atoms with Gasteiger partial charge in [-0.05, 0) is 25.7 Å². The first-order valence-electron chi connectivity index (χ1n) is 8.80. The van der Waals surface area contributed by atoms with Crippen LogP contribution in [0.1, 0.15) is 51.4 Å². The summed E-state index contributed by atoms with van der Waals surface area (Å²) in [6.07, 6.45) is 6.47. The van der Waals surface area contributed by atoms with E-state index in [1.54, 1.807) is 0 Å². The lowest BCUT2D eigenvalue weighted by molar-refractivity contribution is -0.121. The van der Waals surface area contributed by atoms with Crippen molar-refractivity contribution < 1.29 is 14.4 Å². The third-order valence-electron chi connectivity index (χ3n) is 4.50. The molecule has 3 atom stereocenters. The molecule has 0 aromatic carbocycles. The molecule has 4 amide bonds. The maximum Gasteiger partial charge on any atom is 0.315 e. The van der Waals surface area contributed by atoms with Crippen LogP contribution in [0.3, 0.4) is 0 Å². The zero-order chi connectivity index (χ0) is 17.4. The van der Waals surface area contributed by atoms with Gasteiger partial charge in [0.25, 0.3) is 0 Å². The van der Waals surface area contributed by atoms with Crippen molar-refractivity contribution >= 4 is 29.6 Å². The number of hydrogen-bond donors (Lipinski definition) is 4. The number of hydrogen-bond acceptors (Lipinski definition) is 4. The van der Waals surface area contributed by atoms with Gasteiger partial charge in [-0.1, -0.05) is 12.8 Å². The molecule has 136 valence electrons. The molecule has 2 aliphatic heterocycles. The molecular formula is C16H28N4O3S. The highest BCUT2D eigenvalue weighted by atomic mass is 32.2. The number of carbonyl (C=O) groups is 3. The van der Waals surface area contributed by atoms with E-state index in [2.05, 4.69) is 16.0 Å². The molecule has 0 bridgehead atoms. The van der Waals surface area contributed by atoms with Crippen LogP contribution in [0.15, 0.2) is 0 Å². The first kappa shape index (κ1) is 18.9. The highest BCUT2D eigenvalue weighted by molar-refractivity contribution is 8.00. The number of fused-ring (bicyclic) bond motifs is 1. The summed E-state index contributed by atoms with van der Waals surface area (Å²) in [6.45, 7) is 0.664. The zero-order valence-corrected chi connectivity index (χ0v) is 14.8. The van der Waals surface area contributed by atoms with E-state index in [0.29, 0.717) is 24.6 Å². The van der Waals surface area contributed by atoms with Gasteiger partial charge in [-0.15, -0.1) is 0 Å². The fraction of sp³-hybridized carbons (Fsp3) is 0.812. The summed E-state index contributed by atoms with van der Waals surface area (Å²) in [4.78, 5) is 33.6. The van der Waals surface area contributed by atoms with Crippen molar-refractivity contribution in [1.29, 1.82) is 0 Å². The second-order valence-corrected chi connectivity index (χ2v) is 7.77. The van der Waals surface area contributed by atoms with Gasteiger partial charge in [0.1, 0.15) is 0 Å². The third-order valence-corrected chi connectivity index (χ3v) is 6.01. The summed E-state index contributed by atoms with van der Waals surface area (Å²) in [6, 6.07) is 0.465. The highest BCUT2D eigenvalue weighted by Crippen LogP contribution is 2.33. The molecule has 2 rings (SSSR count). The van der Waals surface area contributed by atoms with Crippen LogP contribution in [-0.4, -0.2) is 47.5 Å². The lowest BCUT2D eigenvalue weighted by atomic mass is 10.0. The number of primary amides is 1. The van der Waals surface area contributed by atoms with Gasteiger partial charge >= 0.3 is 6.03 Å². The quantitative estimate of drug-likeness (QED) is 0.325. The normalized spacial score (nSPS) is 25.0. The van der Waals surface area contributed by atoms with E-state index in [-0.39, 0.29) is 29.9 Å². The number of thioether (sulfide) groups is 1. The van der Waals surface area contributed by atoms with Gasteiger partial charge in [-0.3, -0.25) is 9.59 Å². The van der Waals surface area contributed by atoms with Crippen LogP contribution in [0.2, 0.25) is 0 Å². The Balaban J connectivity index is 1.45. The Labute approximate surface area is 147 Å². The van der Waals surface area contributed by atoms with Crippen molar-refractivity contribution in [2.24, 2.45) is 5.73 Å². The predicted octanol–water partition coefficient (Wildman–Crippen LogP) is 0.874. The van der Waals surface area contributed by atoms with Crippen LogP contribution in [0.4, 0.5) is 4.79 Å². The third kappa shape index (κ3) is 6.22. The van der Waals surface area contributed by atoms with Crippen LogP contribution in [0.25, 0.3) is 0 Å². The van der Waals surface area contributed by atoms with Gasteiger partial charge in [-0.25, -0.2) is 4.79 Å². The van der Waals surface area contributed by atoms with Gasteiger partial charge in [-0.2, -0.15) is 11.8 Å². The van der Waals surface area contributed by atoms with Crippen LogP contribution in [0, 0.1) is 0 Å². The largest absolute Gasteiger partial charge is 0.370 e. The van der Waals surface area contributed by atoms with Crippen LogP contribution >= 0.6 is 11.8 Å². The van der Waals surface area contributed by atoms with Crippen molar-refractivity contribution in [2.75, 3.05) is 12.3 Å². The molecule has 5 N–H and O–H groups in total. The maximum absolute atomic E-state index is 11.7. The molecule has 1 unspecified atom stereocenters. The lowest BCUT2D eigenvalue weighted by Gasteiger charge is -2.16. The number of nitrogens with one attached hydrogen (secondary N) is 3. The molecule has 0 saturated carbocycles. The van der Waals surface area contributed by atoms with Crippen molar-refractivity contribution in [3.05, 3.63) is 0 Å². The Morgan fingerprint density at radius 1 is 1.12 bits per heavy atom. The molecule has 0 radical (unpaired) electrons. The molecule has 0 aliphatic carbocycles. The van der Waals surface area contributed by atoms with Crippen molar-refractivity contribution in [2.45, 2.75) is 68.7 Å². The standard InChI is InChI=1S/C16H28N4O3S/c17-13(21)7-2-1-5-9-18-14(22)8-4-3-6-12-15-11(10-24-12)19-16(23)20-15/h11-12,15H,1-10H2,(H2,17,21)(H,18,22)(H2,19,20,23)/t11-,12?,15-/m0/s1.